The summed E-state index contributed by atoms with van der Waals surface area (Å²) in [6.07, 6.45) is -1.15. The molecular weight excluding hydrogens is 276 g/mol. The van der Waals surface area contributed by atoms with E-state index in [1.54, 1.807) is 13.2 Å². The number of anilines is 1. The number of benzene rings is 1. The van der Waals surface area contributed by atoms with Gasteiger partial charge in [-0.15, -0.1) is 5.10 Å². The summed E-state index contributed by atoms with van der Waals surface area (Å²) in [5.41, 5.74) is 6.95. The molecule has 21 heavy (non-hydrogen) atoms. The summed E-state index contributed by atoms with van der Waals surface area (Å²) in [6, 6.07) is 5.40. The molecule has 0 unspecified atom stereocenters. The third-order valence-corrected chi connectivity index (χ3v) is 2.95. The number of methoxy groups -OCH3 is 1. The lowest BCUT2D eigenvalue weighted by atomic mass is 10.2. The maximum absolute atomic E-state index is 10.5. The lowest BCUT2D eigenvalue weighted by Gasteiger charge is -2.06. The average molecular weight is 288 g/mol. The van der Waals surface area contributed by atoms with Crippen LogP contribution >= 0.6 is 0 Å². The van der Waals surface area contributed by atoms with Gasteiger partial charge in [-0.3, -0.25) is 0 Å². The first-order valence-corrected chi connectivity index (χ1v) is 6.05. The van der Waals surface area contributed by atoms with Crippen molar-refractivity contribution in [3.63, 3.8) is 0 Å². The van der Waals surface area contributed by atoms with Crippen molar-refractivity contribution in [1.82, 2.24) is 24.9 Å². The highest BCUT2D eigenvalue weighted by molar-refractivity contribution is 5.95. The largest absolute Gasteiger partial charge is 0.494 e. The van der Waals surface area contributed by atoms with Crippen molar-refractivity contribution in [1.29, 1.82) is 0 Å². The van der Waals surface area contributed by atoms with Crippen LogP contribution < -0.4 is 15.8 Å². The Hall–Kier alpha value is -3.10. The van der Waals surface area contributed by atoms with E-state index in [1.165, 1.54) is 4.52 Å². The normalized spacial score (nSPS) is 10.9. The van der Waals surface area contributed by atoms with E-state index in [1.807, 2.05) is 12.1 Å². The van der Waals surface area contributed by atoms with Crippen molar-refractivity contribution < 1.29 is 14.6 Å². The number of carbonyl (C=O) groups is 1. The standard InChI is InChI=1S/C12H12N6O3/c1-21-7-4-2-3-6-9(7)16-11(13)18-10(6)15-8(17-18)5-14-12(19)20/h2-4,14H,5H2,1H3,(H2,13,16)(H,19,20). The van der Waals surface area contributed by atoms with Gasteiger partial charge in [0.15, 0.2) is 11.5 Å². The predicted octanol–water partition coefficient (Wildman–Crippen LogP) is 0.636. The van der Waals surface area contributed by atoms with Crippen molar-refractivity contribution in [2.75, 3.05) is 12.8 Å². The number of para-hydroxylation sites is 1. The van der Waals surface area contributed by atoms with Gasteiger partial charge >= 0.3 is 6.09 Å². The highest BCUT2D eigenvalue weighted by atomic mass is 16.5. The van der Waals surface area contributed by atoms with Gasteiger partial charge in [-0.25, -0.2) is 14.8 Å². The Bertz CT molecular complexity index is 844. The van der Waals surface area contributed by atoms with Gasteiger partial charge in [-0.2, -0.15) is 4.52 Å². The Morgan fingerprint density at radius 2 is 2.29 bits per heavy atom. The Morgan fingerprint density at radius 3 is 3.00 bits per heavy atom. The van der Waals surface area contributed by atoms with E-state index in [2.05, 4.69) is 20.4 Å². The number of nitrogens with one attached hydrogen (secondary N) is 1. The molecule has 1 aromatic carbocycles. The van der Waals surface area contributed by atoms with Gasteiger partial charge in [0.25, 0.3) is 0 Å². The van der Waals surface area contributed by atoms with Crippen LogP contribution in [0.15, 0.2) is 18.2 Å². The second kappa shape index (κ2) is 4.78. The predicted molar refractivity (Wildman–Crippen MR) is 74.1 cm³/mol. The van der Waals surface area contributed by atoms with Gasteiger partial charge in [0.1, 0.15) is 11.3 Å². The number of carboxylic acid groups (broad SMARTS) is 1. The number of nitrogens with two attached hydrogens (primary N) is 1. The molecule has 0 atom stereocenters. The lowest BCUT2D eigenvalue weighted by molar-refractivity contribution is 0.193. The topological polar surface area (TPSA) is 128 Å². The molecular formula is C12H12N6O3. The monoisotopic (exact) mass is 288 g/mol. The summed E-state index contributed by atoms with van der Waals surface area (Å²) in [6.45, 7) is -0.0120. The van der Waals surface area contributed by atoms with Crippen LogP contribution in [0, 0.1) is 0 Å². The lowest BCUT2D eigenvalue weighted by Crippen LogP contribution is -2.20. The van der Waals surface area contributed by atoms with Crippen molar-refractivity contribution in [2.45, 2.75) is 6.54 Å². The van der Waals surface area contributed by atoms with Crippen LogP contribution in [-0.2, 0) is 6.54 Å². The van der Waals surface area contributed by atoms with Crippen molar-refractivity contribution in [2.24, 2.45) is 0 Å². The smallest absolute Gasteiger partial charge is 0.405 e. The van der Waals surface area contributed by atoms with Gasteiger partial charge in [-0.05, 0) is 12.1 Å². The number of hydrogen-bond acceptors (Lipinski definition) is 6. The van der Waals surface area contributed by atoms with E-state index in [-0.39, 0.29) is 12.5 Å². The van der Waals surface area contributed by atoms with Gasteiger partial charge in [0.2, 0.25) is 5.95 Å². The molecule has 1 amide bonds. The van der Waals surface area contributed by atoms with Gasteiger partial charge < -0.3 is 20.9 Å². The maximum Gasteiger partial charge on any atom is 0.405 e. The van der Waals surface area contributed by atoms with Crippen LogP contribution in [0.2, 0.25) is 0 Å². The second-order valence-electron chi connectivity index (χ2n) is 4.25. The first-order valence-electron chi connectivity index (χ1n) is 6.05. The van der Waals surface area contributed by atoms with Gasteiger partial charge in [-0.1, -0.05) is 6.07 Å². The molecule has 9 nitrogen and oxygen atoms in total. The fourth-order valence-electron chi connectivity index (χ4n) is 2.06. The van der Waals surface area contributed by atoms with E-state index in [0.29, 0.717) is 22.7 Å². The third-order valence-electron chi connectivity index (χ3n) is 2.95. The first-order chi connectivity index (χ1) is 10.1. The first kappa shape index (κ1) is 12.9. The van der Waals surface area contributed by atoms with E-state index >= 15 is 0 Å². The van der Waals surface area contributed by atoms with Crippen LogP contribution in [-0.4, -0.2) is 37.9 Å². The molecule has 9 heteroatoms. The van der Waals surface area contributed by atoms with E-state index in [9.17, 15) is 4.79 Å². The molecule has 3 aromatic rings. The number of fused-ring (bicyclic) bond motifs is 3. The Kier molecular flexibility index (Phi) is 2.94. The molecule has 0 saturated heterocycles. The molecule has 0 saturated carbocycles. The van der Waals surface area contributed by atoms with Gasteiger partial charge in [0, 0.05) is 5.39 Å². The van der Waals surface area contributed by atoms with Gasteiger partial charge in [0.05, 0.1) is 13.7 Å². The fourth-order valence-corrected chi connectivity index (χ4v) is 2.06. The number of nitrogens with zero attached hydrogens (tertiary/aromatic N) is 4. The number of nitrogen functional groups attached to an aromatic ring is 1. The molecule has 0 aliphatic rings. The van der Waals surface area contributed by atoms with Crippen LogP contribution in [0.1, 0.15) is 5.82 Å². The molecule has 108 valence electrons. The van der Waals surface area contributed by atoms with Crippen molar-refractivity contribution >= 4 is 28.6 Å². The molecule has 0 radical (unpaired) electrons. The summed E-state index contributed by atoms with van der Waals surface area (Å²) < 4.78 is 6.63. The van der Waals surface area contributed by atoms with Crippen LogP contribution in [0.5, 0.6) is 5.75 Å². The zero-order valence-corrected chi connectivity index (χ0v) is 11.1. The Balaban J connectivity index is 2.21. The van der Waals surface area contributed by atoms with E-state index in [0.717, 1.165) is 5.39 Å². The van der Waals surface area contributed by atoms with E-state index in [4.69, 9.17) is 15.6 Å². The number of aromatic nitrogens is 4. The number of amides is 1. The summed E-state index contributed by atoms with van der Waals surface area (Å²) >= 11 is 0. The van der Waals surface area contributed by atoms with Crippen molar-refractivity contribution in [3.8, 4) is 5.75 Å². The zero-order valence-electron chi connectivity index (χ0n) is 11.1. The summed E-state index contributed by atoms with van der Waals surface area (Å²) in [7, 11) is 1.54. The molecule has 0 fully saturated rings. The molecule has 2 heterocycles. The minimum Gasteiger partial charge on any atom is -0.494 e. The Morgan fingerprint density at radius 1 is 1.48 bits per heavy atom. The third kappa shape index (κ3) is 2.14. The minimum absolute atomic E-state index is 0.0120. The molecule has 0 aliphatic carbocycles. The molecule has 0 bridgehead atoms. The number of hydrogen-bond donors (Lipinski definition) is 3. The van der Waals surface area contributed by atoms with Crippen molar-refractivity contribution in [3.05, 3.63) is 24.0 Å². The summed E-state index contributed by atoms with van der Waals surface area (Å²) in [5.74, 6) is 1.03. The van der Waals surface area contributed by atoms with E-state index < -0.39 is 6.09 Å². The molecule has 4 N–H and O–H groups in total. The molecule has 0 spiro atoms. The fraction of sp³-hybridized carbons (Fsp3) is 0.167. The quantitative estimate of drug-likeness (QED) is 0.645. The van der Waals surface area contributed by atoms with Crippen LogP contribution in [0.25, 0.3) is 16.6 Å². The SMILES string of the molecule is COc1cccc2c1nc(N)n1nc(CNC(=O)O)nc21. The minimum atomic E-state index is -1.15. The van der Waals surface area contributed by atoms with Crippen LogP contribution in [0.3, 0.4) is 0 Å². The zero-order chi connectivity index (χ0) is 15.0. The molecule has 2 aromatic heterocycles. The number of ether oxygens (including phenoxy) is 1. The second-order valence-corrected chi connectivity index (χ2v) is 4.25. The summed E-state index contributed by atoms with van der Waals surface area (Å²) in [5, 5.41) is 15.7. The Labute approximate surface area is 118 Å². The summed E-state index contributed by atoms with van der Waals surface area (Å²) in [4.78, 5) is 19.1. The number of rotatable bonds is 3. The highest BCUT2D eigenvalue weighted by Gasteiger charge is 2.14. The maximum atomic E-state index is 10.5. The molecule has 0 aliphatic heterocycles. The molecule has 3 rings (SSSR count). The highest BCUT2D eigenvalue weighted by Crippen LogP contribution is 2.27. The van der Waals surface area contributed by atoms with Crippen LogP contribution in [0.4, 0.5) is 10.7 Å². The average Bonchev–Trinajstić information content (AvgIpc) is 2.90.